The third-order valence-corrected chi connectivity index (χ3v) is 7.25. The minimum Gasteiger partial charge on any atom is -0.377 e. The molecule has 0 radical (unpaired) electrons. The van der Waals surface area contributed by atoms with Crippen molar-refractivity contribution >= 4 is 38.7 Å². The van der Waals surface area contributed by atoms with Gasteiger partial charge in [0.15, 0.2) is 5.82 Å². The van der Waals surface area contributed by atoms with Gasteiger partial charge in [0.25, 0.3) is 0 Å². The van der Waals surface area contributed by atoms with Crippen molar-refractivity contribution in [1.29, 1.82) is 0 Å². The van der Waals surface area contributed by atoms with E-state index in [1.807, 2.05) is 36.8 Å². The first-order chi connectivity index (χ1) is 16.4. The number of hydrogen-bond donors (Lipinski definition) is 1. The normalized spacial score (nSPS) is 19.4. The van der Waals surface area contributed by atoms with Crippen LogP contribution in [-0.2, 0) is 4.74 Å². The number of aromatic nitrogens is 5. The van der Waals surface area contributed by atoms with Gasteiger partial charge in [0.2, 0.25) is 0 Å². The molecule has 0 amide bonds. The van der Waals surface area contributed by atoms with Crippen LogP contribution in [0.1, 0.15) is 19.3 Å². The van der Waals surface area contributed by atoms with E-state index in [1.54, 1.807) is 0 Å². The number of morpholine rings is 1. The zero-order valence-electron chi connectivity index (χ0n) is 18.2. The molecule has 1 saturated heterocycles. The summed E-state index contributed by atoms with van der Waals surface area (Å²) in [5, 5.41) is 3.23. The van der Waals surface area contributed by atoms with E-state index in [1.165, 1.54) is 19.3 Å². The molecule has 4 aromatic heterocycles. The Morgan fingerprint density at radius 3 is 2.85 bits per heavy atom. The average Bonchev–Trinajstić information content (AvgIpc) is 3.22. The SMILES string of the molecule is c1ccc2c(c1)[nH]c1nccc(-c3nc(N4CCOCC4C4CCC4)c4ccncc4n3)c12. The molecule has 7 nitrogen and oxygen atoms in total. The van der Waals surface area contributed by atoms with Gasteiger partial charge in [0.05, 0.1) is 31.0 Å². The summed E-state index contributed by atoms with van der Waals surface area (Å²) in [6, 6.07) is 12.7. The number of para-hydroxylation sites is 1. The smallest absolute Gasteiger partial charge is 0.163 e. The van der Waals surface area contributed by atoms with E-state index in [0.717, 1.165) is 64.0 Å². The Hall–Kier alpha value is -3.58. The van der Waals surface area contributed by atoms with E-state index in [-0.39, 0.29) is 0 Å². The van der Waals surface area contributed by atoms with Gasteiger partial charge < -0.3 is 14.6 Å². The standard InChI is InChI=1S/C26H24N6O/c1-2-7-20-17(6-1)23-19(9-11-28-25(23)29-20)24-30-21-14-27-10-8-18(21)26(31-24)32-12-13-33-15-22(32)16-4-3-5-16/h1-2,6-11,14,16,22H,3-5,12-13,15H2,(H,28,29). The monoisotopic (exact) mass is 436 g/mol. The second kappa shape index (κ2) is 7.49. The van der Waals surface area contributed by atoms with Gasteiger partial charge >= 0.3 is 0 Å². The molecule has 1 unspecified atom stereocenters. The molecular formula is C26H24N6O. The lowest BCUT2D eigenvalue weighted by Gasteiger charge is -2.44. The van der Waals surface area contributed by atoms with Crippen LogP contribution in [0.15, 0.2) is 55.0 Å². The van der Waals surface area contributed by atoms with Crippen LogP contribution in [0.3, 0.4) is 0 Å². The van der Waals surface area contributed by atoms with E-state index in [0.29, 0.717) is 17.8 Å². The summed E-state index contributed by atoms with van der Waals surface area (Å²) in [4.78, 5) is 25.0. The van der Waals surface area contributed by atoms with Crippen LogP contribution in [0.4, 0.5) is 5.82 Å². The van der Waals surface area contributed by atoms with Gasteiger partial charge in [-0.3, -0.25) is 4.98 Å². The molecule has 164 valence electrons. The van der Waals surface area contributed by atoms with Crippen molar-refractivity contribution in [3.63, 3.8) is 0 Å². The van der Waals surface area contributed by atoms with Gasteiger partial charge in [-0.1, -0.05) is 24.6 Å². The van der Waals surface area contributed by atoms with E-state index >= 15 is 0 Å². The third-order valence-electron chi connectivity index (χ3n) is 7.25. The molecule has 2 aliphatic rings. The van der Waals surface area contributed by atoms with Crippen LogP contribution in [0, 0.1) is 5.92 Å². The Bertz CT molecular complexity index is 1490. The molecule has 5 aromatic rings. The van der Waals surface area contributed by atoms with Gasteiger partial charge in [-0.15, -0.1) is 0 Å². The molecule has 7 rings (SSSR count). The van der Waals surface area contributed by atoms with Crippen LogP contribution in [0.5, 0.6) is 0 Å². The number of fused-ring (bicyclic) bond motifs is 4. The molecule has 1 saturated carbocycles. The summed E-state index contributed by atoms with van der Waals surface area (Å²) < 4.78 is 5.90. The molecule has 1 N–H and O–H groups in total. The molecule has 1 aromatic carbocycles. The highest BCUT2D eigenvalue weighted by atomic mass is 16.5. The number of nitrogens with one attached hydrogen (secondary N) is 1. The fraction of sp³-hybridized carbons (Fsp3) is 0.308. The van der Waals surface area contributed by atoms with Gasteiger partial charge in [-0.25, -0.2) is 15.0 Å². The fourth-order valence-corrected chi connectivity index (χ4v) is 5.36. The van der Waals surface area contributed by atoms with Gasteiger partial charge in [-0.2, -0.15) is 0 Å². The first-order valence-corrected chi connectivity index (χ1v) is 11.7. The molecule has 2 fully saturated rings. The van der Waals surface area contributed by atoms with Gasteiger partial charge in [0.1, 0.15) is 11.5 Å². The Labute approximate surface area is 190 Å². The summed E-state index contributed by atoms with van der Waals surface area (Å²) in [6.45, 7) is 2.32. The number of benzene rings is 1. The van der Waals surface area contributed by atoms with Crippen molar-refractivity contribution in [2.24, 2.45) is 5.92 Å². The first kappa shape index (κ1) is 18.9. The minimum atomic E-state index is 0.358. The highest BCUT2D eigenvalue weighted by Gasteiger charge is 2.35. The number of hydrogen-bond acceptors (Lipinski definition) is 6. The topological polar surface area (TPSA) is 79.8 Å². The molecule has 1 aliphatic carbocycles. The quantitative estimate of drug-likeness (QED) is 0.441. The zero-order valence-corrected chi connectivity index (χ0v) is 18.2. The lowest BCUT2D eigenvalue weighted by atomic mass is 9.79. The lowest BCUT2D eigenvalue weighted by molar-refractivity contribution is 0.0583. The number of pyridine rings is 2. The molecule has 1 aliphatic heterocycles. The maximum absolute atomic E-state index is 5.90. The molecule has 5 heterocycles. The number of H-pyrrole nitrogens is 1. The number of ether oxygens (including phenoxy) is 1. The third kappa shape index (κ3) is 2.99. The van der Waals surface area contributed by atoms with Crippen molar-refractivity contribution in [2.45, 2.75) is 25.3 Å². The highest BCUT2D eigenvalue weighted by Crippen LogP contribution is 2.38. The van der Waals surface area contributed by atoms with Crippen molar-refractivity contribution in [3.8, 4) is 11.4 Å². The molecule has 0 spiro atoms. The van der Waals surface area contributed by atoms with Gasteiger partial charge in [-0.05, 0) is 37.0 Å². The van der Waals surface area contributed by atoms with E-state index < -0.39 is 0 Å². The molecule has 0 bridgehead atoms. The lowest BCUT2D eigenvalue weighted by Crippen LogP contribution is -2.51. The van der Waals surface area contributed by atoms with E-state index in [9.17, 15) is 0 Å². The molecule has 7 heteroatoms. The second-order valence-corrected chi connectivity index (χ2v) is 9.04. The van der Waals surface area contributed by atoms with E-state index in [2.05, 4.69) is 38.1 Å². The van der Waals surface area contributed by atoms with Crippen LogP contribution in [0.25, 0.3) is 44.2 Å². The predicted molar refractivity (Wildman–Crippen MR) is 129 cm³/mol. The summed E-state index contributed by atoms with van der Waals surface area (Å²) in [7, 11) is 0. The fourth-order valence-electron chi connectivity index (χ4n) is 5.36. The first-order valence-electron chi connectivity index (χ1n) is 11.7. The summed E-state index contributed by atoms with van der Waals surface area (Å²) in [5.41, 5.74) is 3.76. The Morgan fingerprint density at radius 1 is 1.00 bits per heavy atom. The minimum absolute atomic E-state index is 0.358. The largest absolute Gasteiger partial charge is 0.377 e. The summed E-state index contributed by atoms with van der Waals surface area (Å²) in [5.74, 6) is 2.37. The van der Waals surface area contributed by atoms with Crippen LogP contribution in [0.2, 0.25) is 0 Å². The van der Waals surface area contributed by atoms with Crippen LogP contribution < -0.4 is 4.90 Å². The maximum Gasteiger partial charge on any atom is 0.163 e. The van der Waals surface area contributed by atoms with Gasteiger partial charge in [0, 0.05) is 46.2 Å². The number of rotatable bonds is 3. The number of aromatic amines is 1. The van der Waals surface area contributed by atoms with Crippen LogP contribution in [-0.4, -0.2) is 50.7 Å². The number of nitrogens with zero attached hydrogens (tertiary/aromatic N) is 5. The summed E-state index contributed by atoms with van der Waals surface area (Å²) >= 11 is 0. The van der Waals surface area contributed by atoms with E-state index in [4.69, 9.17) is 14.7 Å². The summed E-state index contributed by atoms with van der Waals surface area (Å²) in [6.07, 6.45) is 9.35. The maximum atomic E-state index is 5.90. The van der Waals surface area contributed by atoms with Crippen molar-refractivity contribution in [2.75, 3.05) is 24.7 Å². The zero-order chi connectivity index (χ0) is 21.8. The van der Waals surface area contributed by atoms with Crippen molar-refractivity contribution in [3.05, 3.63) is 55.0 Å². The van der Waals surface area contributed by atoms with Crippen molar-refractivity contribution < 1.29 is 4.74 Å². The van der Waals surface area contributed by atoms with Crippen molar-refractivity contribution in [1.82, 2.24) is 24.9 Å². The molecule has 33 heavy (non-hydrogen) atoms. The predicted octanol–water partition coefficient (Wildman–Crippen LogP) is 4.73. The Morgan fingerprint density at radius 2 is 1.94 bits per heavy atom. The molecular weight excluding hydrogens is 412 g/mol. The van der Waals surface area contributed by atoms with Crippen LogP contribution >= 0.6 is 0 Å². The number of anilines is 1. The Balaban J connectivity index is 1.46. The Kier molecular flexibility index (Phi) is 4.30. The highest BCUT2D eigenvalue weighted by molar-refractivity contribution is 6.12. The second-order valence-electron chi connectivity index (χ2n) is 9.04. The molecule has 1 atom stereocenters. The average molecular weight is 437 g/mol.